The molecule has 0 aliphatic carbocycles. The van der Waals surface area contributed by atoms with Crippen LogP contribution in [0.15, 0.2) is 103 Å². The molecular formula is C49H50N6O15. The Hall–Kier alpha value is -8.85. The highest BCUT2D eigenvalue weighted by Gasteiger charge is 2.37. The quantitative estimate of drug-likeness (QED) is 0.0295. The predicted octanol–water partition coefficient (Wildman–Crippen LogP) is 6.02. The van der Waals surface area contributed by atoms with Gasteiger partial charge in [0.1, 0.15) is 5.75 Å². The number of hydrogen-bond donors (Lipinski definition) is 6. The minimum absolute atomic E-state index is 0.0369. The van der Waals surface area contributed by atoms with Crippen LogP contribution in [0.3, 0.4) is 0 Å². The molecule has 5 rings (SSSR count). The van der Waals surface area contributed by atoms with Gasteiger partial charge in [0.25, 0.3) is 35.2 Å². The van der Waals surface area contributed by atoms with Crippen molar-refractivity contribution >= 4 is 64.2 Å². The van der Waals surface area contributed by atoms with E-state index in [0.717, 1.165) is 14.2 Å². The average molecular weight is 963 g/mol. The molecule has 6 N–H and O–H groups in total. The molecule has 0 unspecified atom stereocenters. The molecule has 5 aromatic carbocycles. The molecule has 366 valence electrons. The molecule has 5 aromatic rings. The molecule has 0 aromatic heterocycles. The topological polar surface area (TPSA) is 289 Å². The van der Waals surface area contributed by atoms with Crippen LogP contribution >= 0.6 is 0 Å². The Bertz CT molecular complexity index is 2760. The highest BCUT2D eigenvalue weighted by atomic mass is 16.6. The van der Waals surface area contributed by atoms with Gasteiger partial charge in [-0.1, -0.05) is 6.07 Å². The maximum absolute atomic E-state index is 13.5. The number of aromatic hydroxyl groups is 1. The summed E-state index contributed by atoms with van der Waals surface area (Å²) in [6, 6.07) is 21.7. The summed E-state index contributed by atoms with van der Waals surface area (Å²) in [5, 5.41) is 35.3. The summed E-state index contributed by atoms with van der Waals surface area (Å²) in [4.78, 5) is 102. The summed E-state index contributed by atoms with van der Waals surface area (Å²) in [5.41, 5.74) is 1.26. The normalized spacial score (nSPS) is 11.6. The third-order valence-electron chi connectivity index (χ3n) is 9.98. The second-order valence-corrected chi connectivity index (χ2v) is 15.7. The van der Waals surface area contributed by atoms with Gasteiger partial charge in [0.2, 0.25) is 0 Å². The first-order valence-electron chi connectivity index (χ1n) is 21.3. The number of nitro benzene ring substituents is 1. The summed E-state index contributed by atoms with van der Waals surface area (Å²) in [6.45, 7) is 6.95. The molecule has 0 aliphatic heterocycles. The Morgan fingerprint density at radius 1 is 0.629 bits per heavy atom. The summed E-state index contributed by atoms with van der Waals surface area (Å²) in [7, 11) is 3.46. The van der Waals surface area contributed by atoms with Gasteiger partial charge in [-0.25, -0.2) is 9.59 Å². The third kappa shape index (κ3) is 13.4. The highest BCUT2D eigenvalue weighted by molar-refractivity contribution is 6.08. The predicted molar refractivity (Wildman–Crippen MR) is 253 cm³/mol. The fourth-order valence-electron chi connectivity index (χ4n) is 6.55. The number of hydrogen-bond acceptors (Lipinski definition) is 15. The Morgan fingerprint density at radius 2 is 1.17 bits per heavy atom. The Balaban J connectivity index is 1.23. The first-order chi connectivity index (χ1) is 33.3. The number of amides is 5. The molecule has 21 nitrogen and oxygen atoms in total. The average Bonchev–Trinajstić information content (AvgIpc) is 3.34. The third-order valence-corrected chi connectivity index (χ3v) is 9.98. The van der Waals surface area contributed by atoms with Gasteiger partial charge in [-0.15, -0.1) is 0 Å². The van der Waals surface area contributed by atoms with E-state index in [1.165, 1.54) is 104 Å². The van der Waals surface area contributed by atoms with E-state index in [9.17, 15) is 48.8 Å². The van der Waals surface area contributed by atoms with E-state index in [0.29, 0.717) is 11.3 Å². The van der Waals surface area contributed by atoms with Crippen LogP contribution in [-0.4, -0.2) is 97.2 Å². The van der Waals surface area contributed by atoms with Crippen LogP contribution in [0.5, 0.6) is 17.2 Å². The van der Waals surface area contributed by atoms with Crippen molar-refractivity contribution < 1.29 is 67.3 Å². The van der Waals surface area contributed by atoms with Crippen molar-refractivity contribution in [3.8, 4) is 17.2 Å². The number of carbonyl (C=O) groups is 7. The smallest absolute Gasteiger partial charge is 0.337 e. The highest BCUT2D eigenvalue weighted by Crippen LogP contribution is 2.39. The molecule has 0 radical (unpaired) electrons. The molecule has 5 amide bonds. The van der Waals surface area contributed by atoms with Crippen LogP contribution in [0.2, 0.25) is 0 Å². The first kappa shape index (κ1) is 52.1. The lowest BCUT2D eigenvalue weighted by Gasteiger charge is -2.24. The second kappa shape index (κ2) is 23.7. The van der Waals surface area contributed by atoms with E-state index in [-0.39, 0.29) is 69.0 Å². The van der Waals surface area contributed by atoms with Gasteiger partial charge in [0, 0.05) is 59.4 Å². The van der Waals surface area contributed by atoms with Crippen molar-refractivity contribution in [3.63, 3.8) is 0 Å². The lowest BCUT2D eigenvalue weighted by molar-refractivity contribution is -0.384. The van der Waals surface area contributed by atoms with Crippen molar-refractivity contribution in [2.24, 2.45) is 0 Å². The number of non-ortho nitro benzene ring substituents is 1. The van der Waals surface area contributed by atoms with Crippen molar-refractivity contribution in [1.82, 2.24) is 10.6 Å². The van der Waals surface area contributed by atoms with Gasteiger partial charge >= 0.3 is 11.9 Å². The van der Waals surface area contributed by atoms with E-state index in [1.54, 1.807) is 33.8 Å². The molecule has 0 aliphatic rings. The van der Waals surface area contributed by atoms with E-state index in [4.69, 9.17) is 23.7 Å². The fraction of sp³-hybridized carbons (Fsp3) is 0.245. The van der Waals surface area contributed by atoms with Gasteiger partial charge in [-0.05, 0) is 113 Å². The maximum Gasteiger partial charge on any atom is 0.337 e. The fourth-order valence-corrected chi connectivity index (χ4v) is 6.55. The van der Waals surface area contributed by atoms with Crippen LogP contribution in [0.25, 0.3) is 0 Å². The minimum Gasteiger partial charge on any atom is -0.504 e. The van der Waals surface area contributed by atoms with Crippen molar-refractivity contribution in [1.29, 1.82) is 0 Å². The van der Waals surface area contributed by atoms with Gasteiger partial charge in [-0.3, -0.25) is 34.1 Å². The van der Waals surface area contributed by atoms with Crippen molar-refractivity contribution in [2.75, 3.05) is 37.3 Å². The van der Waals surface area contributed by atoms with Crippen LogP contribution in [0.1, 0.15) is 85.0 Å². The maximum atomic E-state index is 13.5. The number of esters is 2. The minimum atomic E-state index is -1.64. The summed E-state index contributed by atoms with van der Waals surface area (Å²) in [6.07, 6.45) is -2.37. The Morgan fingerprint density at radius 3 is 1.71 bits per heavy atom. The van der Waals surface area contributed by atoms with E-state index < -0.39 is 70.4 Å². The summed E-state index contributed by atoms with van der Waals surface area (Å²) in [5.74, 6) is -5.49. The number of phenolic OH excluding ortho intramolecular Hbond substituents is 1. The number of rotatable bonds is 20. The first-order valence-corrected chi connectivity index (χ1v) is 21.3. The van der Waals surface area contributed by atoms with E-state index >= 15 is 0 Å². The lowest BCUT2D eigenvalue weighted by Crippen LogP contribution is -2.54. The van der Waals surface area contributed by atoms with E-state index in [1.807, 2.05) is 0 Å². The standard InChI is InChI=1S/C49H50N6O15/c1-26(2)69-38-24-31(48(62)67-6)8-9-32(38)25-50-46(60)36-22-23-37(41(40(36)56)70-27(3)4)53-44(58)28-10-18-34(19-11-28)52-47(61)42(66-5)39(49(63)68-7)54-45(59)29-12-16-33(17-13-29)51-43(57)30-14-20-35(21-15-30)55(64)65/h8-24,26-27,39,42,56H,25H2,1-7H3,(H,50,60)(H,51,57)(H,52,61)(H,53,58)(H,54,59)/t39-,42-/m0/s1. The molecule has 70 heavy (non-hydrogen) atoms. The number of carbonyl (C=O) groups excluding carboxylic acids is 7. The number of anilines is 3. The number of phenols is 1. The van der Waals surface area contributed by atoms with Gasteiger partial charge in [-0.2, -0.15) is 0 Å². The number of nitrogens with zero attached hydrogens (tertiary/aromatic N) is 1. The summed E-state index contributed by atoms with van der Waals surface area (Å²) < 4.78 is 26.7. The number of ether oxygens (including phenoxy) is 5. The molecule has 0 fully saturated rings. The zero-order valence-electron chi connectivity index (χ0n) is 38.9. The number of methoxy groups -OCH3 is 3. The molecule has 0 saturated carbocycles. The van der Waals surface area contributed by atoms with Crippen LogP contribution in [-0.2, 0) is 30.3 Å². The Kier molecular flexibility index (Phi) is 17.7. The lowest BCUT2D eigenvalue weighted by atomic mass is 10.1. The number of nitrogens with one attached hydrogen (secondary N) is 5. The molecule has 0 spiro atoms. The van der Waals surface area contributed by atoms with Crippen molar-refractivity contribution in [3.05, 3.63) is 147 Å². The summed E-state index contributed by atoms with van der Waals surface area (Å²) >= 11 is 0. The largest absolute Gasteiger partial charge is 0.504 e. The molecule has 0 bridgehead atoms. The Labute approximate surface area is 400 Å². The second-order valence-electron chi connectivity index (χ2n) is 15.7. The van der Waals surface area contributed by atoms with Crippen molar-refractivity contribution in [2.45, 2.75) is 58.6 Å². The molecular weight excluding hydrogens is 913 g/mol. The molecule has 2 atom stereocenters. The van der Waals surface area contributed by atoms with E-state index in [2.05, 4.69) is 26.6 Å². The van der Waals surface area contributed by atoms with Crippen LogP contribution in [0.4, 0.5) is 22.7 Å². The SMILES string of the molecule is COC(=O)c1ccc(CNC(=O)c2ccc(NC(=O)c3ccc(NC(=O)[C@@H](OC)[C@H](NC(=O)c4ccc(NC(=O)c5ccc([N+](=O)[O-])cc5)cc4)C(=O)OC)cc3)c(OC(C)C)c2O)c(OC(C)C)c1. The number of benzene rings is 5. The molecule has 0 saturated heterocycles. The van der Waals surface area contributed by atoms with Crippen LogP contribution in [0, 0.1) is 10.1 Å². The van der Waals surface area contributed by atoms with Gasteiger partial charge in [0.15, 0.2) is 23.6 Å². The zero-order chi connectivity index (χ0) is 51.2. The molecule has 0 heterocycles. The van der Waals surface area contributed by atoms with Gasteiger partial charge < -0.3 is 55.4 Å². The molecule has 21 heteroatoms. The van der Waals surface area contributed by atoms with Gasteiger partial charge in [0.05, 0.1) is 48.2 Å². The monoisotopic (exact) mass is 962 g/mol. The zero-order valence-corrected chi connectivity index (χ0v) is 38.9. The number of nitro groups is 1. The van der Waals surface area contributed by atoms with Crippen LogP contribution < -0.4 is 36.1 Å².